The lowest BCUT2D eigenvalue weighted by atomic mass is 9.82. The molecule has 5 nitrogen and oxygen atoms in total. The van der Waals surface area contributed by atoms with Gasteiger partial charge >= 0.3 is 6.03 Å². The highest BCUT2D eigenvalue weighted by atomic mass is 16.5. The fourth-order valence-corrected chi connectivity index (χ4v) is 2.97. The van der Waals surface area contributed by atoms with Gasteiger partial charge in [0.05, 0.1) is 12.2 Å². The molecule has 0 bridgehead atoms. The van der Waals surface area contributed by atoms with Gasteiger partial charge in [-0.05, 0) is 39.0 Å². The molecule has 18 heavy (non-hydrogen) atoms. The number of rotatable bonds is 4. The minimum Gasteiger partial charge on any atom is -0.393 e. The Kier molecular flexibility index (Phi) is 4.83. The zero-order valence-corrected chi connectivity index (χ0v) is 11.0. The van der Waals surface area contributed by atoms with Crippen LogP contribution in [0.3, 0.4) is 0 Å². The maximum Gasteiger partial charge on any atom is 0.315 e. The van der Waals surface area contributed by atoms with Crippen LogP contribution in [-0.4, -0.2) is 42.5 Å². The van der Waals surface area contributed by atoms with E-state index in [1.54, 1.807) is 6.92 Å². The number of hydrogen-bond acceptors (Lipinski definition) is 3. The molecule has 1 heterocycles. The molecule has 4 atom stereocenters. The van der Waals surface area contributed by atoms with Crippen LogP contribution in [-0.2, 0) is 4.74 Å². The second-order valence-electron chi connectivity index (χ2n) is 5.44. The van der Waals surface area contributed by atoms with E-state index in [1.165, 1.54) is 0 Å². The van der Waals surface area contributed by atoms with Crippen LogP contribution in [0.1, 0.15) is 39.0 Å². The van der Waals surface area contributed by atoms with Gasteiger partial charge < -0.3 is 20.5 Å². The predicted octanol–water partition coefficient (Wildman–Crippen LogP) is 1.01. The van der Waals surface area contributed by atoms with Crippen LogP contribution in [0.15, 0.2) is 0 Å². The molecule has 1 aliphatic heterocycles. The summed E-state index contributed by atoms with van der Waals surface area (Å²) in [5.41, 5.74) is 0. The zero-order chi connectivity index (χ0) is 13.0. The van der Waals surface area contributed by atoms with Gasteiger partial charge in [0.25, 0.3) is 0 Å². The lowest BCUT2D eigenvalue weighted by molar-refractivity contribution is 0.0549. The second kappa shape index (κ2) is 6.38. The first-order chi connectivity index (χ1) is 8.66. The molecule has 3 N–H and O–H groups in total. The van der Waals surface area contributed by atoms with Gasteiger partial charge in [0, 0.05) is 25.1 Å². The fraction of sp³-hybridized carbons (Fsp3) is 0.923. The van der Waals surface area contributed by atoms with Crippen molar-refractivity contribution in [2.75, 3.05) is 13.2 Å². The summed E-state index contributed by atoms with van der Waals surface area (Å²) in [4.78, 5) is 11.7. The summed E-state index contributed by atoms with van der Waals surface area (Å²) in [7, 11) is 0. The van der Waals surface area contributed by atoms with Crippen molar-refractivity contribution in [1.29, 1.82) is 0 Å². The van der Waals surface area contributed by atoms with E-state index in [9.17, 15) is 4.79 Å². The largest absolute Gasteiger partial charge is 0.393 e. The minimum atomic E-state index is -0.368. The van der Waals surface area contributed by atoms with Gasteiger partial charge in [-0.1, -0.05) is 0 Å². The van der Waals surface area contributed by atoms with Crippen molar-refractivity contribution in [2.45, 2.75) is 57.3 Å². The average Bonchev–Trinajstić information content (AvgIpc) is 2.77. The van der Waals surface area contributed by atoms with Crippen LogP contribution < -0.4 is 10.6 Å². The molecular weight excluding hydrogens is 232 g/mol. The van der Waals surface area contributed by atoms with Gasteiger partial charge in [0.1, 0.15) is 0 Å². The van der Waals surface area contributed by atoms with Crippen LogP contribution in [0.2, 0.25) is 0 Å². The Morgan fingerprint density at radius 1 is 1.44 bits per heavy atom. The summed E-state index contributed by atoms with van der Waals surface area (Å²) in [6, 6.07) is 0.131. The predicted molar refractivity (Wildman–Crippen MR) is 68.3 cm³/mol. The molecule has 1 aliphatic carbocycles. The summed E-state index contributed by atoms with van der Waals surface area (Å²) < 4.78 is 5.68. The minimum absolute atomic E-state index is 0.117. The van der Waals surface area contributed by atoms with Crippen LogP contribution >= 0.6 is 0 Å². The lowest BCUT2D eigenvalue weighted by Crippen LogP contribution is -2.49. The number of urea groups is 1. The average molecular weight is 256 g/mol. The van der Waals surface area contributed by atoms with Gasteiger partial charge in [0.2, 0.25) is 0 Å². The number of ether oxygens (including phenoxy) is 1. The third-order valence-electron chi connectivity index (χ3n) is 3.95. The summed E-state index contributed by atoms with van der Waals surface area (Å²) in [5.74, 6) is 0.487. The molecule has 1 saturated carbocycles. The first-order valence-electron chi connectivity index (χ1n) is 7.01. The summed E-state index contributed by atoms with van der Waals surface area (Å²) in [5, 5.41) is 15.0. The molecule has 0 aromatic carbocycles. The highest BCUT2D eigenvalue weighted by Gasteiger charge is 2.38. The number of aliphatic hydroxyl groups excluding tert-OH is 1. The summed E-state index contributed by atoms with van der Waals surface area (Å²) >= 11 is 0. The topological polar surface area (TPSA) is 70.6 Å². The number of carbonyl (C=O) groups excluding carboxylic acids is 1. The van der Waals surface area contributed by atoms with Gasteiger partial charge in [-0.15, -0.1) is 0 Å². The maximum absolute atomic E-state index is 11.7. The molecule has 0 aromatic rings. The Hall–Kier alpha value is -0.810. The molecular formula is C13H24N2O3. The molecule has 0 radical (unpaired) electrons. The number of fused-ring (bicyclic) bond motifs is 1. The Morgan fingerprint density at radius 2 is 2.28 bits per heavy atom. The number of nitrogens with one attached hydrogen (secondary N) is 2. The number of carbonyl (C=O) groups is 1. The van der Waals surface area contributed by atoms with Gasteiger partial charge in [-0.2, -0.15) is 0 Å². The van der Waals surface area contributed by atoms with E-state index in [-0.39, 0.29) is 18.2 Å². The Morgan fingerprint density at radius 3 is 3.06 bits per heavy atom. The first-order valence-corrected chi connectivity index (χ1v) is 7.01. The van der Waals surface area contributed by atoms with Crippen LogP contribution in [0, 0.1) is 5.92 Å². The van der Waals surface area contributed by atoms with E-state index >= 15 is 0 Å². The molecule has 2 rings (SSSR count). The molecule has 5 heteroatoms. The normalized spacial score (nSPS) is 32.7. The van der Waals surface area contributed by atoms with Crippen molar-refractivity contribution in [3.8, 4) is 0 Å². The van der Waals surface area contributed by atoms with Crippen LogP contribution in [0.25, 0.3) is 0 Å². The van der Waals surface area contributed by atoms with Crippen molar-refractivity contribution in [2.24, 2.45) is 5.92 Å². The molecule has 2 fully saturated rings. The van der Waals surface area contributed by atoms with Gasteiger partial charge in [0.15, 0.2) is 0 Å². The molecule has 104 valence electrons. The quantitative estimate of drug-likeness (QED) is 0.703. The molecule has 1 saturated heterocycles. The van der Waals surface area contributed by atoms with E-state index in [4.69, 9.17) is 9.84 Å². The monoisotopic (exact) mass is 256 g/mol. The third-order valence-corrected chi connectivity index (χ3v) is 3.95. The lowest BCUT2D eigenvalue weighted by Gasteiger charge is -2.33. The smallest absolute Gasteiger partial charge is 0.315 e. The highest BCUT2D eigenvalue weighted by Crippen LogP contribution is 2.34. The standard InChI is InChI=1S/C13H24N2O3/c1-9(16)5-7-14-13(17)15-11-3-2-4-12-10(11)6-8-18-12/h9-12,16H,2-8H2,1H3,(H2,14,15,17). The van der Waals surface area contributed by atoms with Crippen molar-refractivity contribution in [3.63, 3.8) is 0 Å². The molecule has 2 aliphatic rings. The summed E-state index contributed by atoms with van der Waals surface area (Å²) in [6.45, 7) is 3.07. The summed E-state index contributed by atoms with van der Waals surface area (Å²) in [6.07, 6.45) is 4.94. The Labute approximate surface area is 108 Å². The Bertz CT molecular complexity index is 283. The third kappa shape index (κ3) is 3.59. The fourth-order valence-electron chi connectivity index (χ4n) is 2.97. The van der Waals surface area contributed by atoms with Crippen LogP contribution in [0.5, 0.6) is 0 Å². The number of hydrogen-bond donors (Lipinski definition) is 3. The van der Waals surface area contributed by atoms with E-state index < -0.39 is 0 Å². The second-order valence-corrected chi connectivity index (χ2v) is 5.44. The van der Waals surface area contributed by atoms with Gasteiger partial charge in [-0.3, -0.25) is 0 Å². The molecule has 2 amide bonds. The zero-order valence-electron chi connectivity index (χ0n) is 11.0. The maximum atomic E-state index is 11.7. The SMILES string of the molecule is CC(O)CCNC(=O)NC1CCCC2OCCC12. The van der Waals surface area contributed by atoms with E-state index in [1.807, 2.05) is 0 Å². The van der Waals surface area contributed by atoms with Crippen molar-refractivity contribution < 1.29 is 14.6 Å². The Balaban J connectivity index is 1.72. The molecule has 4 unspecified atom stereocenters. The van der Waals surface area contributed by atoms with E-state index in [0.29, 0.717) is 25.0 Å². The van der Waals surface area contributed by atoms with Crippen molar-refractivity contribution >= 4 is 6.03 Å². The van der Waals surface area contributed by atoms with Crippen molar-refractivity contribution in [3.05, 3.63) is 0 Å². The molecule has 0 spiro atoms. The molecule has 0 aromatic heterocycles. The highest BCUT2D eigenvalue weighted by molar-refractivity contribution is 5.74. The van der Waals surface area contributed by atoms with E-state index in [2.05, 4.69) is 10.6 Å². The number of aliphatic hydroxyl groups is 1. The van der Waals surface area contributed by atoms with Gasteiger partial charge in [-0.25, -0.2) is 4.79 Å². The number of amides is 2. The first kappa shape index (κ1) is 13.6. The van der Waals surface area contributed by atoms with E-state index in [0.717, 1.165) is 32.3 Å². The van der Waals surface area contributed by atoms with Crippen LogP contribution in [0.4, 0.5) is 4.79 Å². The van der Waals surface area contributed by atoms with Crippen molar-refractivity contribution in [1.82, 2.24) is 10.6 Å².